The summed E-state index contributed by atoms with van der Waals surface area (Å²) in [4.78, 5) is 30.7. The first-order valence-electron chi connectivity index (χ1n) is 9.15. The second-order valence-electron chi connectivity index (χ2n) is 7.88. The second-order valence-corrected chi connectivity index (χ2v) is 8.32. The summed E-state index contributed by atoms with van der Waals surface area (Å²) in [6.45, 7) is 7.39. The summed E-state index contributed by atoms with van der Waals surface area (Å²) in [5.74, 6) is 0.317. The van der Waals surface area contributed by atoms with E-state index in [9.17, 15) is 9.59 Å². The summed E-state index contributed by atoms with van der Waals surface area (Å²) in [5, 5.41) is 0.700. The van der Waals surface area contributed by atoms with Gasteiger partial charge in [-0.05, 0) is 37.2 Å². The Hall–Kier alpha value is -1.59. The minimum atomic E-state index is -0.250. The van der Waals surface area contributed by atoms with Crippen molar-refractivity contribution >= 4 is 23.4 Å². The molecule has 1 aromatic rings. The van der Waals surface area contributed by atoms with Gasteiger partial charge in [-0.25, -0.2) is 0 Å². The molecule has 0 N–H and O–H groups in total. The van der Waals surface area contributed by atoms with Gasteiger partial charge in [0.15, 0.2) is 0 Å². The molecule has 2 rings (SSSR count). The zero-order chi connectivity index (χ0) is 19.3. The van der Waals surface area contributed by atoms with E-state index in [0.29, 0.717) is 44.0 Å². The van der Waals surface area contributed by atoms with Crippen LogP contribution in [-0.4, -0.2) is 73.3 Å². The fourth-order valence-corrected chi connectivity index (χ4v) is 3.30. The van der Waals surface area contributed by atoms with E-state index in [1.54, 1.807) is 0 Å². The van der Waals surface area contributed by atoms with Crippen molar-refractivity contribution in [3.8, 4) is 0 Å². The fourth-order valence-electron chi connectivity index (χ4n) is 3.18. The molecule has 0 saturated carbocycles. The van der Waals surface area contributed by atoms with Gasteiger partial charge in [0.1, 0.15) is 0 Å². The molecule has 26 heavy (non-hydrogen) atoms. The van der Waals surface area contributed by atoms with Crippen molar-refractivity contribution in [1.29, 1.82) is 0 Å². The van der Waals surface area contributed by atoms with E-state index in [4.69, 9.17) is 11.6 Å². The lowest BCUT2D eigenvalue weighted by atomic mass is 9.81. The van der Waals surface area contributed by atoms with Crippen LogP contribution in [0.1, 0.15) is 32.3 Å². The van der Waals surface area contributed by atoms with Gasteiger partial charge in [-0.1, -0.05) is 37.6 Å². The van der Waals surface area contributed by atoms with Gasteiger partial charge in [-0.3, -0.25) is 9.59 Å². The highest BCUT2D eigenvalue weighted by molar-refractivity contribution is 6.30. The van der Waals surface area contributed by atoms with Crippen molar-refractivity contribution < 1.29 is 9.59 Å². The van der Waals surface area contributed by atoms with Crippen LogP contribution in [-0.2, 0) is 15.0 Å². The minimum absolute atomic E-state index is 0.144. The zero-order valence-electron chi connectivity index (χ0n) is 16.3. The summed E-state index contributed by atoms with van der Waals surface area (Å²) >= 11 is 5.96. The summed E-state index contributed by atoms with van der Waals surface area (Å²) in [6.07, 6.45) is 0.980. The number of carbonyl (C=O) groups excluding carboxylic acids is 2. The summed E-state index contributed by atoms with van der Waals surface area (Å²) < 4.78 is 0. The van der Waals surface area contributed by atoms with E-state index in [1.807, 2.05) is 53.1 Å². The normalized spacial score (nSPS) is 15.5. The quantitative estimate of drug-likeness (QED) is 0.763. The molecule has 0 aromatic heterocycles. The Morgan fingerprint density at radius 3 is 2.00 bits per heavy atom. The second kappa shape index (κ2) is 8.87. The Balaban J connectivity index is 1.86. The molecule has 144 valence electrons. The van der Waals surface area contributed by atoms with Gasteiger partial charge in [-0.15, -0.1) is 0 Å². The maximum atomic E-state index is 12.7. The molecule has 2 amide bonds. The first-order chi connectivity index (χ1) is 12.2. The molecule has 1 aromatic carbocycles. The molecule has 1 fully saturated rings. The van der Waals surface area contributed by atoms with Crippen molar-refractivity contribution in [2.45, 2.75) is 32.1 Å². The number of nitrogens with zero attached hydrogens (tertiary/aromatic N) is 3. The number of hydrogen-bond acceptors (Lipinski definition) is 3. The van der Waals surface area contributed by atoms with Gasteiger partial charge in [0.2, 0.25) is 11.8 Å². The monoisotopic (exact) mass is 379 g/mol. The largest absolute Gasteiger partial charge is 0.339 e. The van der Waals surface area contributed by atoms with Crippen molar-refractivity contribution in [2.75, 3.05) is 46.8 Å². The smallest absolute Gasteiger partial charge is 0.223 e. The summed E-state index contributed by atoms with van der Waals surface area (Å²) in [6, 6.07) is 7.69. The highest BCUT2D eigenvalue weighted by Crippen LogP contribution is 2.29. The van der Waals surface area contributed by atoms with Crippen LogP contribution in [0.25, 0.3) is 0 Å². The third-order valence-electron chi connectivity index (χ3n) is 4.98. The van der Waals surface area contributed by atoms with Crippen molar-refractivity contribution in [3.05, 3.63) is 34.9 Å². The lowest BCUT2D eigenvalue weighted by molar-refractivity contribution is -0.140. The van der Waals surface area contributed by atoms with Crippen LogP contribution in [0.4, 0.5) is 0 Å². The maximum Gasteiger partial charge on any atom is 0.223 e. The minimum Gasteiger partial charge on any atom is -0.339 e. The number of rotatable bonds is 6. The van der Waals surface area contributed by atoms with Crippen LogP contribution in [0.3, 0.4) is 0 Å². The Labute approximate surface area is 161 Å². The molecule has 0 radical (unpaired) electrons. The number of carbonyl (C=O) groups is 2. The molecular weight excluding hydrogens is 350 g/mol. The molecule has 0 bridgehead atoms. The fraction of sp³-hybridized carbons (Fsp3) is 0.600. The molecular formula is C20H30ClN3O2. The molecule has 1 aliphatic heterocycles. The van der Waals surface area contributed by atoms with Gasteiger partial charge in [0.05, 0.1) is 0 Å². The average Bonchev–Trinajstić information content (AvgIpc) is 2.59. The number of amides is 2. The van der Waals surface area contributed by atoms with E-state index in [1.165, 1.54) is 0 Å². The van der Waals surface area contributed by atoms with Gasteiger partial charge < -0.3 is 14.7 Å². The van der Waals surface area contributed by atoms with Gasteiger partial charge in [0.25, 0.3) is 0 Å². The van der Waals surface area contributed by atoms with Crippen LogP contribution in [0.15, 0.2) is 24.3 Å². The van der Waals surface area contributed by atoms with E-state index in [2.05, 4.69) is 13.8 Å². The predicted molar refractivity (Wildman–Crippen MR) is 105 cm³/mol. The molecule has 0 unspecified atom stereocenters. The van der Waals surface area contributed by atoms with E-state index in [0.717, 1.165) is 12.1 Å². The maximum absolute atomic E-state index is 12.7. The first kappa shape index (κ1) is 20.7. The van der Waals surface area contributed by atoms with Crippen molar-refractivity contribution in [3.63, 3.8) is 0 Å². The first-order valence-corrected chi connectivity index (χ1v) is 9.53. The van der Waals surface area contributed by atoms with Crippen LogP contribution >= 0.6 is 11.6 Å². The van der Waals surface area contributed by atoms with Crippen LogP contribution in [0.2, 0.25) is 5.02 Å². The Bertz CT molecular complexity index is 620. The van der Waals surface area contributed by atoms with E-state index >= 15 is 0 Å². The summed E-state index contributed by atoms with van der Waals surface area (Å²) in [5.41, 5.74) is 0.855. The van der Waals surface area contributed by atoms with E-state index in [-0.39, 0.29) is 17.2 Å². The predicted octanol–water partition coefficient (Wildman–Crippen LogP) is 2.63. The number of halogens is 1. The van der Waals surface area contributed by atoms with Crippen LogP contribution < -0.4 is 0 Å². The average molecular weight is 380 g/mol. The van der Waals surface area contributed by atoms with Gasteiger partial charge in [0, 0.05) is 50.6 Å². The molecule has 0 aliphatic carbocycles. The lowest BCUT2D eigenvalue weighted by Gasteiger charge is -2.36. The van der Waals surface area contributed by atoms with Gasteiger partial charge in [-0.2, -0.15) is 0 Å². The Morgan fingerprint density at radius 1 is 1.00 bits per heavy atom. The van der Waals surface area contributed by atoms with Crippen LogP contribution in [0.5, 0.6) is 0 Å². The standard InChI is InChI=1S/C20H30ClN3O2/c1-20(2,16-5-7-17(21)8-6-16)15-19(26)24-13-11-23(12-14-24)18(25)9-10-22(3)4/h5-8H,9-15H2,1-4H3. The van der Waals surface area contributed by atoms with Gasteiger partial charge >= 0.3 is 0 Å². The number of piperazine rings is 1. The van der Waals surface area contributed by atoms with Crippen molar-refractivity contribution in [2.24, 2.45) is 0 Å². The number of hydrogen-bond donors (Lipinski definition) is 0. The van der Waals surface area contributed by atoms with Crippen LogP contribution in [0, 0.1) is 0 Å². The summed E-state index contributed by atoms with van der Waals surface area (Å²) in [7, 11) is 3.93. The van der Waals surface area contributed by atoms with E-state index < -0.39 is 0 Å². The molecule has 1 saturated heterocycles. The third-order valence-corrected chi connectivity index (χ3v) is 5.23. The molecule has 5 nitrogen and oxygen atoms in total. The molecule has 1 aliphatic rings. The zero-order valence-corrected chi connectivity index (χ0v) is 17.1. The SMILES string of the molecule is CN(C)CCC(=O)N1CCN(C(=O)CC(C)(C)c2ccc(Cl)cc2)CC1. The topological polar surface area (TPSA) is 43.9 Å². The lowest BCUT2D eigenvalue weighted by Crippen LogP contribution is -2.51. The number of benzene rings is 1. The highest BCUT2D eigenvalue weighted by atomic mass is 35.5. The highest BCUT2D eigenvalue weighted by Gasteiger charge is 2.29. The molecule has 0 atom stereocenters. The molecule has 1 heterocycles. The molecule has 6 heteroatoms. The third kappa shape index (κ3) is 5.71. The Morgan fingerprint density at radius 2 is 1.50 bits per heavy atom. The molecule has 0 spiro atoms. The van der Waals surface area contributed by atoms with Crippen molar-refractivity contribution in [1.82, 2.24) is 14.7 Å². The Kier molecular flexibility index (Phi) is 7.07.